The van der Waals surface area contributed by atoms with Crippen LogP contribution in [0.4, 0.5) is 0 Å². The standard InChI is InChI=1S/C5H10INO3/c1-3(8)4(7)5(9)10-2-6/h3-4,8H,2,7H2,1H3/t3?,4-/m0/s1. The molecule has 60 valence electrons. The molecule has 4 nitrogen and oxygen atoms in total. The number of aliphatic hydroxyl groups excluding tert-OH is 1. The minimum absolute atomic E-state index is 0.261. The van der Waals surface area contributed by atoms with E-state index in [1.807, 2.05) is 22.6 Å². The van der Waals surface area contributed by atoms with Crippen LogP contribution in [-0.2, 0) is 9.53 Å². The Morgan fingerprint density at radius 3 is 2.70 bits per heavy atom. The number of esters is 1. The molecule has 5 heteroatoms. The van der Waals surface area contributed by atoms with Crippen LogP contribution in [0.1, 0.15) is 6.92 Å². The van der Waals surface area contributed by atoms with Crippen molar-refractivity contribution in [3.63, 3.8) is 0 Å². The van der Waals surface area contributed by atoms with Crippen LogP contribution in [0.15, 0.2) is 0 Å². The summed E-state index contributed by atoms with van der Waals surface area (Å²) in [6.07, 6.45) is -0.851. The molecule has 0 aromatic heterocycles. The molecule has 0 aliphatic rings. The first-order valence-electron chi connectivity index (χ1n) is 2.76. The molecule has 0 aliphatic carbocycles. The maximum atomic E-state index is 10.7. The zero-order valence-electron chi connectivity index (χ0n) is 5.58. The van der Waals surface area contributed by atoms with Crippen molar-refractivity contribution in [3.8, 4) is 0 Å². The smallest absolute Gasteiger partial charge is 0.326 e. The maximum absolute atomic E-state index is 10.7. The molecule has 0 amide bonds. The fraction of sp³-hybridized carbons (Fsp3) is 0.800. The van der Waals surface area contributed by atoms with E-state index in [1.165, 1.54) is 6.92 Å². The van der Waals surface area contributed by atoms with Crippen LogP contribution in [-0.4, -0.2) is 27.8 Å². The molecular formula is C5H10INO3. The van der Waals surface area contributed by atoms with Gasteiger partial charge in [0.25, 0.3) is 0 Å². The minimum Gasteiger partial charge on any atom is -0.454 e. The molecule has 0 aromatic rings. The Bertz CT molecular complexity index is 117. The quantitative estimate of drug-likeness (QED) is 0.412. The van der Waals surface area contributed by atoms with Crippen molar-refractivity contribution in [2.75, 3.05) is 4.61 Å². The Labute approximate surface area is 72.9 Å². The predicted molar refractivity (Wildman–Crippen MR) is 44.6 cm³/mol. The molecule has 3 N–H and O–H groups in total. The van der Waals surface area contributed by atoms with Crippen LogP contribution in [0.3, 0.4) is 0 Å². The average Bonchev–Trinajstić information content (AvgIpc) is 1.87. The molecular weight excluding hydrogens is 249 g/mol. The van der Waals surface area contributed by atoms with Gasteiger partial charge in [-0.15, -0.1) is 0 Å². The topological polar surface area (TPSA) is 72.5 Å². The number of rotatable bonds is 3. The second-order valence-electron chi connectivity index (χ2n) is 1.84. The Morgan fingerprint density at radius 2 is 2.40 bits per heavy atom. The number of ether oxygens (including phenoxy) is 1. The van der Waals surface area contributed by atoms with Gasteiger partial charge in [-0.25, -0.2) is 0 Å². The highest BCUT2D eigenvalue weighted by molar-refractivity contribution is 14.1. The van der Waals surface area contributed by atoms with Gasteiger partial charge in [0.15, 0.2) is 0 Å². The SMILES string of the molecule is CC(O)[C@H](N)C(=O)OCI. The highest BCUT2D eigenvalue weighted by atomic mass is 127. The number of carbonyl (C=O) groups is 1. The third-order valence-electron chi connectivity index (χ3n) is 0.989. The number of carbonyl (C=O) groups excluding carboxylic acids is 1. The molecule has 0 bridgehead atoms. The third kappa shape index (κ3) is 3.33. The van der Waals surface area contributed by atoms with Crippen LogP contribution in [0.5, 0.6) is 0 Å². The molecule has 0 fully saturated rings. The highest BCUT2D eigenvalue weighted by Crippen LogP contribution is 1.94. The summed E-state index contributed by atoms with van der Waals surface area (Å²) >= 11 is 1.88. The van der Waals surface area contributed by atoms with E-state index < -0.39 is 18.1 Å². The summed E-state index contributed by atoms with van der Waals surface area (Å²) in [6, 6.07) is -0.922. The van der Waals surface area contributed by atoms with Crippen LogP contribution in [0.25, 0.3) is 0 Å². The molecule has 0 aromatic carbocycles. The fourth-order valence-corrected chi connectivity index (χ4v) is 0.654. The number of hydrogen-bond acceptors (Lipinski definition) is 4. The predicted octanol–water partition coefficient (Wildman–Crippen LogP) is -0.370. The summed E-state index contributed by atoms with van der Waals surface area (Å²) in [5.41, 5.74) is 5.22. The first kappa shape index (κ1) is 10.1. The minimum atomic E-state index is -0.922. The highest BCUT2D eigenvalue weighted by Gasteiger charge is 2.19. The maximum Gasteiger partial charge on any atom is 0.326 e. The van der Waals surface area contributed by atoms with E-state index in [0.717, 1.165) is 0 Å². The van der Waals surface area contributed by atoms with Crippen molar-refractivity contribution in [1.29, 1.82) is 0 Å². The van der Waals surface area contributed by atoms with E-state index in [4.69, 9.17) is 10.8 Å². The van der Waals surface area contributed by atoms with Gasteiger partial charge in [0, 0.05) is 0 Å². The van der Waals surface area contributed by atoms with Gasteiger partial charge in [0.05, 0.1) is 6.10 Å². The molecule has 0 spiro atoms. The van der Waals surface area contributed by atoms with Crippen molar-refractivity contribution in [1.82, 2.24) is 0 Å². The fourth-order valence-electron chi connectivity index (χ4n) is 0.347. The Morgan fingerprint density at radius 1 is 1.90 bits per heavy atom. The zero-order valence-corrected chi connectivity index (χ0v) is 7.74. The molecule has 0 saturated heterocycles. The van der Waals surface area contributed by atoms with Gasteiger partial charge in [-0.1, -0.05) is 0 Å². The summed E-state index contributed by atoms with van der Waals surface area (Å²) < 4.78 is 4.79. The molecule has 2 atom stereocenters. The van der Waals surface area contributed by atoms with Crippen molar-refractivity contribution < 1.29 is 14.6 Å². The molecule has 0 aliphatic heterocycles. The van der Waals surface area contributed by atoms with Gasteiger partial charge in [-0.3, -0.25) is 4.79 Å². The summed E-state index contributed by atoms with van der Waals surface area (Å²) in [4.78, 5) is 10.7. The average molecular weight is 259 g/mol. The lowest BCUT2D eigenvalue weighted by Gasteiger charge is -2.11. The first-order chi connectivity index (χ1) is 4.59. The number of hydrogen-bond donors (Lipinski definition) is 2. The lowest BCUT2D eigenvalue weighted by atomic mass is 10.2. The van der Waals surface area contributed by atoms with Gasteiger partial charge in [0.2, 0.25) is 0 Å². The Hall–Kier alpha value is 0.120. The molecule has 1 unspecified atom stereocenters. The van der Waals surface area contributed by atoms with E-state index in [1.54, 1.807) is 0 Å². The summed E-state index contributed by atoms with van der Waals surface area (Å²) in [7, 11) is 0. The Kier molecular flexibility index (Phi) is 4.92. The lowest BCUT2D eigenvalue weighted by Crippen LogP contribution is -2.41. The molecule has 10 heavy (non-hydrogen) atoms. The normalized spacial score (nSPS) is 16.0. The summed E-state index contributed by atoms with van der Waals surface area (Å²) in [5, 5.41) is 8.79. The van der Waals surface area contributed by atoms with Crippen molar-refractivity contribution in [3.05, 3.63) is 0 Å². The third-order valence-corrected chi connectivity index (χ3v) is 1.30. The van der Waals surface area contributed by atoms with Gasteiger partial charge in [0.1, 0.15) is 10.7 Å². The first-order valence-corrected chi connectivity index (χ1v) is 4.28. The second kappa shape index (κ2) is 4.86. The van der Waals surface area contributed by atoms with Gasteiger partial charge in [-0.2, -0.15) is 0 Å². The monoisotopic (exact) mass is 259 g/mol. The van der Waals surface area contributed by atoms with Gasteiger partial charge in [-0.05, 0) is 29.5 Å². The largest absolute Gasteiger partial charge is 0.454 e. The van der Waals surface area contributed by atoms with Crippen LogP contribution < -0.4 is 5.73 Å². The summed E-state index contributed by atoms with van der Waals surface area (Å²) in [6.45, 7) is 1.44. The molecule has 0 heterocycles. The van der Waals surface area contributed by atoms with E-state index in [2.05, 4.69) is 4.74 Å². The number of alkyl halides is 1. The molecule has 0 radical (unpaired) electrons. The van der Waals surface area contributed by atoms with Crippen molar-refractivity contribution in [2.45, 2.75) is 19.1 Å². The summed E-state index contributed by atoms with van der Waals surface area (Å²) in [5.74, 6) is -0.565. The number of halogens is 1. The van der Waals surface area contributed by atoms with E-state index in [0.29, 0.717) is 0 Å². The van der Waals surface area contributed by atoms with Gasteiger partial charge < -0.3 is 15.6 Å². The van der Waals surface area contributed by atoms with E-state index in [9.17, 15) is 4.79 Å². The van der Waals surface area contributed by atoms with Crippen molar-refractivity contribution in [2.24, 2.45) is 5.73 Å². The molecule has 0 saturated carbocycles. The van der Waals surface area contributed by atoms with E-state index in [-0.39, 0.29) is 4.61 Å². The van der Waals surface area contributed by atoms with Crippen LogP contribution in [0.2, 0.25) is 0 Å². The van der Waals surface area contributed by atoms with Gasteiger partial charge >= 0.3 is 5.97 Å². The van der Waals surface area contributed by atoms with Crippen molar-refractivity contribution >= 4 is 28.6 Å². The Balaban J connectivity index is 3.71. The lowest BCUT2D eigenvalue weighted by molar-refractivity contribution is -0.144. The van der Waals surface area contributed by atoms with Crippen LogP contribution in [0, 0.1) is 0 Å². The number of aliphatic hydroxyl groups is 1. The number of nitrogens with two attached hydrogens (primary N) is 1. The second-order valence-corrected chi connectivity index (χ2v) is 2.46. The molecule has 0 rings (SSSR count). The van der Waals surface area contributed by atoms with Crippen LogP contribution >= 0.6 is 22.6 Å². The van der Waals surface area contributed by atoms with E-state index >= 15 is 0 Å². The zero-order chi connectivity index (χ0) is 8.15.